The van der Waals surface area contributed by atoms with Gasteiger partial charge >= 0.3 is 0 Å². The van der Waals surface area contributed by atoms with Gasteiger partial charge in [-0.1, -0.05) is 27.7 Å². The summed E-state index contributed by atoms with van der Waals surface area (Å²) in [5.41, 5.74) is 0. The molecule has 0 aromatic rings. The molecule has 96 valence electrons. The molecule has 0 N–H and O–H groups in total. The van der Waals surface area contributed by atoms with Crippen LogP contribution in [-0.4, -0.2) is 32.2 Å². The van der Waals surface area contributed by atoms with E-state index < -0.39 is 0 Å². The van der Waals surface area contributed by atoms with E-state index in [0.717, 1.165) is 13.0 Å². The first-order chi connectivity index (χ1) is 7.54. The molecule has 0 saturated heterocycles. The third-order valence-electron chi connectivity index (χ3n) is 2.35. The Bertz CT molecular complexity index is 176. The minimum absolute atomic E-state index is 0.117. The van der Waals surface area contributed by atoms with Gasteiger partial charge in [0.05, 0.1) is 19.8 Å². The summed E-state index contributed by atoms with van der Waals surface area (Å²) in [6.45, 7) is 10.7. The molecule has 0 bridgehead atoms. The molecule has 0 aliphatic rings. The van der Waals surface area contributed by atoms with Crippen molar-refractivity contribution >= 4 is 5.78 Å². The molecule has 3 nitrogen and oxygen atoms in total. The van der Waals surface area contributed by atoms with E-state index in [0.29, 0.717) is 32.2 Å². The van der Waals surface area contributed by atoms with Crippen LogP contribution in [0, 0.1) is 11.8 Å². The molecule has 0 amide bonds. The summed E-state index contributed by atoms with van der Waals surface area (Å²) in [6, 6.07) is 0. The van der Waals surface area contributed by atoms with Crippen LogP contribution in [0.25, 0.3) is 0 Å². The summed E-state index contributed by atoms with van der Waals surface area (Å²) in [6.07, 6.45) is 1.61. The topological polar surface area (TPSA) is 35.5 Å². The summed E-state index contributed by atoms with van der Waals surface area (Å²) >= 11 is 0. The zero-order valence-electron chi connectivity index (χ0n) is 11.1. The summed E-state index contributed by atoms with van der Waals surface area (Å²) in [7, 11) is 0. The van der Waals surface area contributed by atoms with Gasteiger partial charge in [0.25, 0.3) is 0 Å². The fraction of sp³-hybridized carbons (Fsp3) is 0.923. The minimum Gasteiger partial charge on any atom is -0.379 e. The van der Waals surface area contributed by atoms with E-state index in [1.165, 1.54) is 0 Å². The monoisotopic (exact) mass is 230 g/mol. The van der Waals surface area contributed by atoms with Crippen LogP contribution in [0.3, 0.4) is 0 Å². The smallest absolute Gasteiger partial charge is 0.137 e. The van der Waals surface area contributed by atoms with E-state index in [2.05, 4.69) is 13.8 Å². The van der Waals surface area contributed by atoms with Gasteiger partial charge in [-0.2, -0.15) is 0 Å². The molecule has 0 aliphatic heterocycles. The van der Waals surface area contributed by atoms with Gasteiger partial charge in [0, 0.05) is 18.9 Å². The second kappa shape index (κ2) is 9.79. The fourth-order valence-corrected chi connectivity index (χ4v) is 1.10. The van der Waals surface area contributed by atoms with Crippen molar-refractivity contribution in [1.29, 1.82) is 0 Å². The third kappa shape index (κ3) is 10.1. The van der Waals surface area contributed by atoms with Crippen molar-refractivity contribution in [2.45, 2.75) is 40.5 Å². The maximum Gasteiger partial charge on any atom is 0.137 e. The van der Waals surface area contributed by atoms with Crippen molar-refractivity contribution in [1.82, 2.24) is 0 Å². The van der Waals surface area contributed by atoms with Crippen LogP contribution in [0.15, 0.2) is 0 Å². The first kappa shape index (κ1) is 15.6. The van der Waals surface area contributed by atoms with Crippen LogP contribution in [-0.2, 0) is 14.3 Å². The number of carbonyl (C=O) groups excluding carboxylic acids is 1. The molecule has 0 unspecified atom stereocenters. The molecule has 0 rings (SSSR count). The second-order valence-corrected chi connectivity index (χ2v) is 4.78. The minimum atomic E-state index is 0.117. The van der Waals surface area contributed by atoms with Crippen LogP contribution < -0.4 is 0 Å². The summed E-state index contributed by atoms with van der Waals surface area (Å²) in [5.74, 6) is 1.07. The Morgan fingerprint density at radius 2 is 1.50 bits per heavy atom. The predicted molar refractivity (Wildman–Crippen MR) is 65.6 cm³/mol. The lowest BCUT2D eigenvalue weighted by Crippen LogP contribution is -2.12. The van der Waals surface area contributed by atoms with E-state index in [1.54, 1.807) is 0 Å². The van der Waals surface area contributed by atoms with Crippen molar-refractivity contribution in [3.05, 3.63) is 0 Å². The molecular weight excluding hydrogens is 204 g/mol. The molecule has 0 fully saturated rings. The number of hydrogen-bond acceptors (Lipinski definition) is 3. The third-order valence-corrected chi connectivity index (χ3v) is 2.35. The van der Waals surface area contributed by atoms with Gasteiger partial charge in [0.1, 0.15) is 5.78 Å². The summed E-state index contributed by atoms with van der Waals surface area (Å²) in [4.78, 5) is 11.2. The van der Waals surface area contributed by atoms with Crippen molar-refractivity contribution in [2.75, 3.05) is 26.4 Å². The van der Waals surface area contributed by atoms with Gasteiger partial charge in [-0.05, 0) is 12.3 Å². The molecule has 0 spiro atoms. The standard InChI is InChI=1S/C13H26O3/c1-11(2)5-7-15-9-10-16-8-6-13(14)12(3)4/h11-12H,5-10H2,1-4H3. The number of hydrogen-bond donors (Lipinski definition) is 0. The van der Waals surface area contributed by atoms with Gasteiger partial charge in [0.2, 0.25) is 0 Å². The van der Waals surface area contributed by atoms with Gasteiger partial charge in [-0.25, -0.2) is 0 Å². The van der Waals surface area contributed by atoms with Crippen LogP contribution in [0.5, 0.6) is 0 Å². The average molecular weight is 230 g/mol. The summed E-state index contributed by atoms with van der Waals surface area (Å²) in [5, 5.41) is 0. The normalized spacial score (nSPS) is 11.4. The van der Waals surface area contributed by atoms with E-state index in [9.17, 15) is 4.79 Å². The molecule has 0 saturated carbocycles. The largest absolute Gasteiger partial charge is 0.379 e. The van der Waals surface area contributed by atoms with Crippen molar-refractivity contribution in [2.24, 2.45) is 11.8 Å². The van der Waals surface area contributed by atoms with Crippen LogP contribution >= 0.6 is 0 Å². The van der Waals surface area contributed by atoms with Crippen molar-refractivity contribution < 1.29 is 14.3 Å². The maximum absolute atomic E-state index is 11.2. The summed E-state index contributed by atoms with van der Waals surface area (Å²) < 4.78 is 10.7. The molecule has 0 aliphatic carbocycles. The van der Waals surface area contributed by atoms with Crippen LogP contribution in [0.1, 0.15) is 40.5 Å². The molecule has 0 heterocycles. The second-order valence-electron chi connectivity index (χ2n) is 4.78. The highest BCUT2D eigenvalue weighted by molar-refractivity contribution is 5.80. The number of carbonyl (C=O) groups is 1. The Labute approximate surface area is 99.5 Å². The Morgan fingerprint density at radius 1 is 0.938 bits per heavy atom. The zero-order chi connectivity index (χ0) is 12.4. The van der Waals surface area contributed by atoms with E-state index in [4.69, 9.17) is 9.47 Å². The lowest BCUT2D eigenvalue weighted by Gasteiger charge is -2.07. The van der Waals surface area contributed by atoms with Crippen molar-refractivity contribution in [3.8, 4) is 0 Å². The Kier molecular flexibility index (Phi) is 9.54. The number of ether oxygens (including phenoxy) is 2. The number of Topliss-reactive ketones (excluding diaryl/α,β-unsaturated/α-hetero) is 1. The Balaban J connectivity index is 3.13. The molecule has 3 heteroatoms. The highest BCUT2D eigenvalue weighted by Gasteiger charge is 2.05. The molecule has 0 atom stereocenters. The predicted octanol–water partition coefficient (Wildman–Crippen LogP) is 2.68. The SMILES string of the molecule is CC(C)CCOCCOCCC(=O)C(C)C. The van der Waals surface area contributed by atoms with E-state index in [1.807, 2.05) is 13.8 Å². The first-order valence-corrected chi connectivity index (χ1v) is 6.22. The Morgan fingerprint density at radius 3 is 2.00 bits per heavy atom. The number of ketones is 1. The quantitative estimate of drug-likeness (QED) is 0.541. The first-order valence-electron chi connectivity index (χ1n) is 6.22. The van der Waals surface area contributed by atoms with E-state index >= 15 is 0 Å². The average Bonchev–Trinajstić information content (AvgIpc) is 2.21. The lowest BCUT2D eigenvalue weighted by molar-refractivity contribution is -0.123. The van der Waals surface area contributed by atoms with Gasteiger partial charge in [-0.3, -0.25) is 4.79 Å². The molecule has 0 aromatic heterocycles. The van der Waals surface area contributed by atoms with E-state index in [-0.39, 0.29) is 11.7 Å². The zero-order valence-corrected chi connectivity index (χ0v) is 11.1. The van der Waals surface area contributed by atoms with Gasteiger partial charge in [0.15, 0.2) is 0 Å². The lowest BCUT2D eigenvalue weighted by atomic mass is 10.1. The maximum atomic E-state index is 11.2. The highest BCUT2D eigenvalue weighted by Crippen LogP contribution is 2.00. The molecule has 0 radical (unpaired) electrons. The van der Waals surface area contributed by atoms with Crippen LogP contribution in [0.2, 0.25) is 0 Å². The van der Waals surface area contributed by atoms with Gasteiger partial charge < -0.3 is 9.47 Å². The molecular formula is C13H26O3. The highest BCUT2D eigenvalue weighted by atomic mass is 16.5. The van der Waals surface area contributed by atoms with Gasteiger partial charge in [-0.15, -0.1) is 0 Å². The van der Waals surface area contributed by atoms with Crippen LogP contribution in [0.4, 0.5) is 0 Å². The number of rotatable bonds is 10. The van der Waals surface area contributed by atoms with Crippen molar-refractivity contribution in [3.63, 3.8) is 0 Å². The molecule has 16 heavy (non-hydrogen) atoms. The fourth-order valence-electron chi connectivity index (χ4n) is 1.10. The Hall–Kier alpha value is -0.410. The molecule has 0 aromatic carbocycles.